The highest BCUT2D eigenvalue weighted by atomic mass is 32.1. The SMILES string of the molecule is O=C(Cc1csc(-c2cccc(C(F)(F)F)c2)n1)NCC1CNC1. The van der Waals surface area contributed by atoms with Crippen molar-refractivity contribution in [1.29, 1.82) is 0 Å². The Kier molecular flexibility index (Phi) is 4.86. The molecule has 4 nitrogen and oxygen atoms in total. The molecule has 2 aromatic rings. The molecule has 1 aliphatic heterocycles. The number of hydrogen-bond donors (Lipinski definition) is 2. The first-order valence-corrected chi connectivity index (χ1v) is 8.39. The van der Waals surface area contributed by atoms with Crippen molar-refractivity contribution in [2.24, 2.45) is 5.92 Å². The summed E-state index contributed by atoms with van der Waals surface area (Å²) in [6.07, 6.45) is -4.25. The number of halogens is 3. The number of alkyl halides is 3. The van der Waals surface area contributed by atoms with E-state index in [1.54, 1.807) is 11.4 Å². The van der Waals surface area contributed by atoms with Gasteiger partial charge >= 0.3 is 6.18 Å². The molecule has 8 heteroatoms. The Labute approximate surface area is 141 Å². The third kappa shape index (κ3) is 4.12. The lowest BCUT2D eigenvalue weighted by molar-refractivity contribution is -0.137. The van der Waals surface area contributed by atoms with Crippen molar-refractivity contribution in [3.05, 3.63) is 40.9 Å². The van der Waals surface area contributed by atoms with Crippen molar-refractivity contribution in [1.82, 2.24) is 15.6 Å². The Morgan fingerprint density at radius 1 is 1.38 bits per heavy atom. The average molecular weight is 355 g/mol. The fourth-order valence-electron chi connectivity index (χ4n) is 2.33. The highest BCUT2D eigenvalue weighted by molar-refractivity contribution is 7.13. The molecule has 1 aromatic carbocycles. The van der Waals surface area contributed by atoms with Crippen molar-refractivity contribution in [3.8, 4) is 10.6 Å². The number of rotatable bonds is 5. The molecule has 0 aliphatic carbocycles. The molecule has 0 saturated carbocycles. The Hall–Kier alpha value is -1.93. The van der Waals surface area contributed by atoms with Gasteiger partial charge in [-0.05, 0) is 12.1 Å². The monoisotopic (exact) mass is 355 g/mol. The van der Waals surface area contributed by atoms with E-state index in [2.05, 4.69) is 15.6 Å². The summed E-state index contributed by atoms with van der Waals surface area (Å²) in [4.78, 5) is 16.2. The Morgan fingerprint density at radius 3 is 2.83 bits per heavy atom. The summed E-state index contributed by atoms with van der Waals surface area (Å²) in [5, 5.41) is 8.16. The van der Waals surface area contributed by atoms with Crippen LogP contribution in [0.25, 0.3) is 10.6 Å². The third-order valence-electron chi connectivity index (χ3n) is 3.78. The van der Waals surface area contributed by atoms with E-state index in [0.29, 0.717) is 28.7 Å². The molecule has 1 fully saturated rings. The second-order valence-corrected chi connectivity index (χ2v) is 6.59. The quantitative estimate of drug-likeness (QED) is 0.867. The Bertz CT molecular complexity index is 725. The molecule has 3 rings (SSSR count). The van der Waals surface area contributed by atoms with E-state index in [1.165, 1.54) is 17.4 Å². The van der Waals surface area contributed by atoms with Crippen LogP contribution in [0.15, 0.2) is 29.6 Å². The number of aromatic nitrogens is 1. The largest absolute Gasteiger partial charge is 0.416 e. The molecule has 0 atom stereocenters. The molecule has 0 unspecified atom stereocenters. The van der Waals surface area contributed by atoms with Crippen molar-refractivity contribution in [2.45, 2.75) is 12.6 Å². The van der Waals surface area contributed by atoms with E-state index in [1.807, 2.05) is 0 Å². The van der Waals surface area contributed by atoms with Gasteiger partial charge in [0.05, 0.1) is 17.7 Å². The van der Waals surface area contributed by atoms with E-state index in [-0.39, 0.29) is 12.3 Å². The van der Waals surface area contributed by atoms with E-state index < -0.39 is 11.7 Å². The highest BCUT2D eigenvalue weighted by Crippen LogP contribution is 2.33. The van der Waals surface area contributed by atoms with Crippen LogP contribution < -0.4 is 10.6 Å². The summed E-state index contributed by atoms with van der Waals surface area (Å²) >= 11 is 1.24. The summed E-state index contributed by atoms with van der Waals surface area (Å²) in [5.41, 5.74) is 0.266. The molecular weight excluding hydrogens is 339 g/mol. The number of benzene rings is 1. The number of carbonyl (C=O) groups excluding carboxylic acids is 1. The standard InChI is InChI=1S/C16H16F3N3OS/c17-16(18,19)12-3-1-2-11(4-12)15-22-13(9-24-15)5-14(23)21-8-10-6-20-7-10/h1-4,9-10,20H,5-8H2,(H,21,23). The molecule has 1 amide bonds. The number of amides is 1. The number of thiazole rings is 1. The molecule has 128 valence electrons. The summed E-state index contributed by atoms with van der Waals surface area (Å²) in [6.45, 7) is 2.46. The molecule has 0 radical (unpaired) electrons. The zero-order valence-corrected chi connectivity index (χ0v) is 13.5. The maximum atomic E-state index is 12.8. The van der Waals surface area contributed by atoms with Gasteiger partial charge in [-0.2, -0.15) is 13.2 Å². The van der Waals surface area contributed by atoms with E-state index in [9.17, 15) is 18.0 Å². The zero-order valence-electron chi connectivity index (χ0n) is 12.7. The van der Waals surface area contributed by atoms with Gasteiger partial charge in [0, 0.05) is 36.5 Å². The molecule has 1 aliphatic rings. The van der Waals surface area contributed by atoms with Gasteiger partial charge in [0.25, 0.3) is 0 Å². The molecule has 1 saturated heterocycles. The lowest BCUT2D eigenvalue weighted by atomic mass is 10.0. The highest BCUT2D eigenvalue weighted by Gasteiger charge is 2.30. The minimum Gasteiger partial charge on any atom is -0.355 e. The van der Waals surface area contributed by atoms with Gasteiger partial charge in [-0.3, -0.25) is 4.79 Å². The Balaban J connectivity index is 1.63. The van der Waals surface area contributed by atoms with Crippen LogP contribution in [0.1, 0.15) is 11.3 Å². The molecule has 24 heavy (non-hydrogen) atoms. The number of nitrogens with one attached hydrogen (secondary N) is 2. The summed E-state index contributed by atoms with van der Waals surface area (Å²) in [6, 6.07) is 5.05. The van der Waals surface area contributed by atoms with Crippen LogP contribution in [-0.2, 0) is 17.4 Å². The average Bonchev–Trinajstić information content (AvgIpc) is 2.93. The fourth-order valence-corrected chi connectivity index (χ4v) is 3.14. The molecule has 2 N–H and O–H groups in total. The van der Waals surface area contributed by atoms with E-state index in [4.69, 9.17) is 0 Å². The first-order valence-electron chi connectivity index (χ1n) is 7.51. The maximum Gasteiger partial charge on any atom is 0.416 e. The van der Waals surface area contributed by atoms with Crippen LogP contribution >= 0.6 is 11.3 Å². The van der Waals surface area contributed by atoms with Crippen molar-refractivity contribution >= 4 is 17.2 Å². The summed E-state index contributed by atoms with van der Waals surface area (Å²) < 4.78 is 38.3. The predicted molar refractivity (Wildman–Crippen MR) is 85.6 cm³/mol. The van der Waals surface area contributed by atoms with Crippen LogP contribution in [-0.4, -0.2) is 30.5 Å². The first-order chi connectivity index (χ1) is 11.4. The summed E-state index contributed by atoms with van der Waals surface area (Å²) in [7, 11) is 0. The minimum absolute atomic E-state index is 0.122. The van der Waals surface area contributed by atoms with Gasteiger partial charge in [-0.15, -0.1) is 11.3 Å². The van der Waals surface area contributed by atoms with Crippen LogP contribution in [0, 0.1) is 5.92 Å². The van der Waals surface area contributed by atoms with E-state index in [0.717, 1.165) is 25.2 Å². The van der Waals surface area contributed by atoms with Crippen molar-refractivity contribution in [3.63, 3.8) is 0 Å². The third-order valence-corrected chi connectivity index (χ3v) is 4.72. The van der Waals surface area contributed by atoms with Gasteiger partial charge in [-0.1, -0.05) is 12.1 Å². The Morgan fingerprint density at radius 2 is 2.17 bits per heavy atom. The van der Waals surface area contributed by atoms with Gasteiger partial charge in [0.15, 0.2) is 0 Å². The van der Waals surface area contributed by atoms with Gasteiger partial charge in [0.2, 0.25) is 5.91 Å². The van der Waals surface area contributed by atoms with Gasteiger partial charge in [-0.25, -0.2) is 4.98 Å². The predicted octanol–water partition coefficient (Wildman–Crippen LogP) is 2.71. The number of nitrogens with zero attached hydrogens (tertiary/aromatic N) is 1. The topological polar surface area (TPSA) is 54.0 Å². The zero-order chi connectivity index (χ0) is 17.2. The molecular formula is C16H16F3N3OS. The van der Waals surface area contributed by atoms with Crippen molar-refractivity contribution < 1.29 is 18.0 Å². The summed E-state index contributed by atoms with van der Waals surface area (Å²) in [5.74, 6) is 0.354. The van der Waals surface area contributed by atoms with Crippen molar-refractivity contribution in [2.75, 3.05) is 19.6 Å². The number of hydrogen-bond acceptors (Lipinski definition) is 4. The number of carbonyl (C=O) groups is 1. The van der Waals surface area contributed by atoms with Crippen LogP contribution in [0.2, 0.25) is 0 Å². The van der Waals surface area contributed by atoms with Crippen LogP contribution in [0.3, 0.4) is 0 Å². The second kappa shape index (κ2) is 6.90. The second-order valence-electron chi connectivity index (χ2n) is 5.73. The lowest BCUT2D eigenvalue weighted by Crippen LogP contribution is -2.48. The first kappa shape index (κ1) is 16.9. The van der Waals surface area contributed by atoms with E-state index >= 15 is 0 Å². The molecule has 0 bridgehead atoms. The van der Waals surface area contributed by atoms with Crippen LogP contribution in [0.5, 0.6) is 0 Å². The molecule has 1 aromatic heterocycles. The smallest absolute Gasteiger partial charge is 0.355 e. The maximum absolute atomic E-state index is 12.8. The van der Waals surface area contributed by atoms with Gasteiger partial charge < -0.3 is 10.6 Å². The normalized spacial score (nSPS) is 15.1. The van der Waals surface area contributed by atoms with Gasteiger partial charge in [0.1, 0.15) is 5.01 Å². The fraction of sp³-hybridized carbons (Fsp3) is 0.375. The van der Waals surface area contributed by atoms with Crippen LogP contribution in [0.4, 0.5) is 13.2 Å². The minimum atomic E-state index is -4.38. The lowest BCUT2D eigenvalue weighted by Gasteiger charge is -2.26. The molecule has 0 spiro atoms. The molecule has 2 heterocycles.